The van der Waals surface area contributed by atoms with E-state index in [2.05, 4.69) is 26.6 Å². The van der Waals surface area contributed by atoms with E-state index < -0.39 is 18.5 Å². The summed E-state index contributed by atoms with van der Waals surface area (Å²) in [5, 5.41) is 5.57. The molecule has 2 aromatic rings. The highest BCUT2D eigenvalue weighted by atomic mass is 79.9. The van der Waals surface area contributed by atoms with Gasteiger partial charge >= 0.3 is 5.97 Å². The van der Waals surface area contributed by atoms with Crippen molar-refractivity contribution < 1.29 is 23.9 Å². The van der Waals surface area contributed by atoms with Gasteiger partial charge in [0.15, 0.2) is 6.61 Å². The van der Waals surface area contributed by atoms with Crippen molar-refractivity contribution in [3.8, 4) is 5.75 Å². The summed E-state index contributed by atoms with van der Waals surface area (Å²) < 4.78 is 11.0. The Bertz CT molecular complexity index is 874. The Kier molecular flexibility index (Phi) is 8.95. The fraction of sp³-hybridized carbons (Fsp3) is 0.250. The first kappa shape index (κ1) is 22.7. The molecule has 0 aromatic heterocycles. The summed E-state index contributed by atoms with van der Waals surface area (Å²) in [6.07, 6.45) is -0.207. The van der Waals surface area contributed by atoms with E-state index in [-0.39, 0.29) is 18.7 Å². The van der Waals surface area contributed by atoms with Crippen molar-refractivity contribution in [1.82, 2.24) is 0 Å². The summed E-state index contributed by atoms with van der Waals surface area (Å²) in [4.78, 5) is 35.5. The van der Waals surface area contributed by atoms with E-state index in [0.717, 1.165) is 4.47 Å². The highest BCUT2D eigenvalue weighted by molar-refractivity contribution is 9.10. The zero-order valence-electron chi connectivity index (χ0n) is 15.7. The van der Waals surface area contributed by atoms with Gasteiger partial charge in [-0.15, -0.1) is 0 Å². The van der Waals surface area contributed by atoms with E-state index in [4.69, 9.17) is 21.1 Å². The monoisotopic (exact) mass is 482 g/mol. The maximum Gasteiger partial charge on any atom is 0.306 e. The van der Waals surface area contributed by atoms with Crippen molar-refractivity contribution in [2.24, 2.45) is 0 Å². The Morgan fingerprint density at radius 3 is 2.38 bits per heavy atom. The molecular formula is C20H20BrClN2O5. The Morgan fingerprint density at radius 2 is 1.72 bits per heavy atom. The van der Waals surface area contributed by atoms with Crippen molar-refractivity contribution in [3.63, 3.8) is 0 Å². The van der Waals surface area contributed by atoms with Crippen molar-refractivity contribution in [2.75, 3.05) is 23.8 Å². The van der Waals surface area contributed by atoms with Crippen LogP contribution in [-0.2, 0) is 19.1 Å². The quantitative estimate of drug-likeness (QED) is 0.516. The summed E-state index contributed by atoms with van der Waals surface area (Å²) in [5.74, 6) is -0.806. The zero-order valence-corrected chi connectivity index (χ0v) is 18.0. The average Bonchev–Trinajstić information content (AvgIpc) is 2.69. The molecule has 0 saturated heterocycles. The second kappa shape index (κ2) is 11.4. The van der Waals surface area contributed by atoms with Gasteiger partial charge in [0, 0.05) is 16.6 Å². The number of halogens is 2. The second-order valence-corrected chi connectivity index (χ2v) is 7.16. The smallest absolute Gasteiger partial charge is 0.306 e. The predicted molar refractivity (Wildman–Crippen MR) is 114 cm³/mol. The van der Waals surface area contributed by atoms with Gasteiger partial charge in [0.1, 0.15) is 5.75 Å². The molecule has 2 aromatic carbocycles. The minimum Gasteiger partial charge on any atom is -0.494 e. The molecule has 0 atom stereocenters. The second-order valence-electron chi connectivity index (χ2n) is 5.84. The van der Waals surface area contributed by atoms with Crippen LogP contribution in [-0.4, -0.2) is 31.0 Å². The van der Waals surface area contributed by atoms with Crippen LogP contribution in [0.25, 0.3) is 0 Å². The van der Waals surface area contributed by atoms with Crippen LogP contribution in [0.2, 0.25) is 5.02 Å². The number of carbonyl (C=O) groups is 3. The van der Waals surface area contributed by atoms with Crippen LogP contribution in [0.4, 0.5) is 11.4 Å². The van der Waals surface area contributed by atoms with Crippen molar-refractivity contribution in [2.45, 2.75) is 19.8 Å². The molecule has 0 heterocycles. The number of benzene rings is 2. The first-order valence-corrected chi connectivity index (χ1v) is 9.97. The molecule has 154 valence electrons. The fourth-order valence-corrected chi connectivity index (χ4v) is 2.96. The molecule has 0 bridgehead atoms. The van der Waals surface area contributed by atoms with Crippen LogP contribution in [0.15, 0.2) is 46.9 Å². The average molecular weight is 484 g/mol. The van der Waals surface area contributed by atoms with Crippen molar-refractivity contribution in [3.05, 3.63) is 52.0 Å². The molecule has 0 aliphatic heterocycles. The SMILES string of the molecule is CCOc1ccc(NC(=O)CCC(=O)OCC(=O)Nc2ccc(Br)cc2Cl)cc1. The van der Waals surface area contributed by atoms with E-state index >= 15 is 0 Å². The molecule has 0 saturated carbocycles. The maximum absolute atomic E-state index is 11.9. The largest absolute Gasteiger partial charge is 0.494 e. The van der Waals surface area contributed by atoms with Gasteiger partial charge in [-0.3, -0.25) is 14.4 Å². The third-order valence-corrected chi connectivity index (χ3v) is 4.38. The lowest BCUT2D eigenvalue weighted by molar-refractivity contribution is -0.147. The molecular weight excluding hydrogens is 464 g/mol. The van der Waals surface area contributed by atoms with Gasteiger partial charge in [0.05, 0.1) is 23.7 Å². The Labute approximate surface area is 181 Å². The molecule has 0 unspecified atom stereocenters. The summed E-state index contributed by atoms with van der Waals surface area (Å²) in [5.41, 5.74) is 1.00. The van der Waals surface area contributed by atoms with Gasteiger partial charge in [-0.1, -0.05) is 27.5 Å². The maximum atomic E-state index is 11.9. The number of rotatable bonds is 9. The first-order chi connectivity index (χ1) is 13.9. The Morgan fingerprint density at radius 1 is 1.00 bits per heavy atom. The summed E-state index contributed by atoms with van der Waals surface area (Å²) in [7, 11) is 0. The number of anilines is 2. The van der Waals surface area contributed by atoms with Gasteiger partial charge in [0.25, 0.3) is 5.91 Å². The minimum atomic E-state index is -0.649. The molecule has 2 amide bonds. The number of ether oxygens (including phenoxy) is 2. The zero-order chi connectivity index (χ0) is 21.2. The molecule has 0 aliphatic rings. The number of carbonyl (C=O) groups excluding carboxylic acids is 3. The number of nitrogens with one attached hydrogen (secondary N) is 2. The van der Waals surface area contributed by atoms with Crippen LogP contribution in [0.1, 0.15) is 19.8 Å². The number of esters is 1. The predicted octanol–water partition coefficient (Wildman–Crippen LogP) is 4.40. The number of amides is 2. The lowest BCUT2D eigenvalue weighted by Crippen LogP contribution is -2.22. The normalized spacial score (nSPS) is 10.2. The van der Waals surface area contributed by atoms with Crippen LogP contribution >= 0.6 is 27.5 Å². The topological polar surface area (TPSA) is 93.7 Å². The van der Waals surface area contributed by atoms with Gasteiger partial charge < -0.3 is 20.1 Å². The third-order valence-electron chi connectivity index (χ3n) is 3.57. The lowest BCUT2D eigenvalue weighted by Gasteiger charge is -2.09. The first-order valence-electron chi connectivity index (χ1n) is 8.80. The number of hydrogen-bond acceptors (Lipinski definition) is 5. The minimum absolute atomic E-state index is 0.0633. The number of hydrogen-bond donors (Lipinski definition) is 2. The third kappa shape index (κ3) is 8.13. The van der Waals surface area contributed by atoms with Crippen LogP contribution in [0.3, 0.4) is 0 Å². The van der Waals surface area contributed by atoms with Crippen LogP contribution < -0.4 is 15.4 Å². The molecule has 2 rings (SSSR count). The highest BCUT2D eigenvalue weighted by Crippen LogP contribution is 2.25. The highest BCUT2D eigenvalue weighted by Gasteiger charge is 2.12. The van der Waals surface area contributed by atoms with Gasteiger partial charge in [-0.05, 0) is 49.4 Å². The Hall–Kier alpha value is -2.58. The molecule has 29 heavy (non-hydrogen) atoms. The molecule has 0 radical (unpaired) electrons. The van der Waals surface area contributed by atoms with Crippen molar-refractivity contribution >= 4 is 56.7 Å². The molecule has 0 aliphatic carbocycles. The van der Waals surface area contributed by atoms with E-state index in [1.807, 2.05) is 6.92 Å². The molecule has 0 fully saturated rings. The van der Waals surface area contributed by atoms with Gasteiger partial charge in [0.2, 0.25) is 5.91 Å². The summed E-state index contributed by atoms with van der Waals surface area (Å²) in [6.45, 7) is 1.97. The van der Waals surface area contributed by atoms with Crippen LogP contribution in [0.5, 0.6) is 5.75 Å². The van der Waals surface area contributed by atoms with Crippen LogP contribution in [0, 0.1) is 0 Å². The summed E-state index contributed by atoms with van der Waals surface area (Å²) in [6, 6.07) is 11.9. The fourth-order valence-electron chi connectivity index (χ4n) is 2.24. The van der Waals surface area contributed by atoms with E-state index in [0.29, 0.717) is 28.8 Å². The molecule has 7 nitrogen and oxygen atoms in total. The van der Waals surface area contributed by atoms with Gasteiger partial charge in [-0.2, -0.15) is 0 Å². The Balaban J connectivity index is 1.69. The van der Waals surface area contributed by atoms with Gasteiger partial charge in [-0.25, -0.2) is 0 Å². The van der Waals surface area contributed by atoms with E-state index in [1.54, 1.807) is 42.5 Å². The molecule has 2 N–H and O–H groups in total. The molecule has 0 spiro atoms. The standard InChI is InChI=1S/C20H20BrClN2O5/c1-2-28-15-6-4-14(5-7-15)23-18(25)9-10-20(27)29-12-19(26)24-17-8-3-13(21)11-16(17)22/h3-8,11H,2,9-10,12H2,1H3,(H,23,25)(H,24,26). The summed E-state index contributed by atoms with van der Waals surface area (Å²) >= 11 is 9.27. The molecule has 9 heteroatoms. The lowest BCUT2D eigenvalue weighted by atomic mass is 10.2. The van der Waals surface area contributed by atoms with E-state index in [9.17, 15) is 14.4 Å². The van der Waals surface area contributed by atoms with Crippen molar-refractivity contribution in [1.29, 1.82) is 0 Å². The van der Waals surface area contributed by atoms with E-state index in [1.165, 1.54) is 0 Å².